The Morgan fingerprint density at radius 3 is 2.62 bits per heavy atom. The van der Waals surface area contributed by atoms with Gasteiger partial charge in [0.15, 0.2) is 0 Å². The Bertz CT molecular complexity index is 184. The first kappa shape index (κ1) is 15.7. The quantitative estimate of drug-likeness (QED) is 0.443. The van der Waals surface area contributed by atoms with Gasteiger partial charge >= 0.3 is 46.9 Å². The third-order valence-corrected chi connectivity index (χ3v) is 1.50. The number of hydrogen-bond donors (Lipinski definition) is 0. The number of hydrogen-bond acceptors (Lipinski definition) is 5. The van der Waals surface area contributed by atoms with Crippen molar-refractivity contribution in [1.82, 2.24) is 0 Å². The van der Waals surface area contributed by atoms with E-state index in [1.165, 1.54) is 0 Å². The molecule has 0 heterocycles. The van der Waals surface area contributed by atoms with Gasteiger partial charge in [-0.1, -0.05) is 6.92 Å². The van der Waals surface area contributed by atoms with Gasteiger partial charge in [0.25, 0.3) is 0 Å². The Labute approximate surface area is 101 Å². The van der Waals surface area contributed by atoms with E-state index < -0.39 is 17.3 Å². The molecule has 0 aliphatic rings. The van der Waals surface area contributed by atoms with Crippen LogP contribution < -0.4 is 0 Å². The second-order valence-electron chi connectivity index (χ2n) is 1.86. The zero-order chi connectivity index (χ0) is 9.40. The average molecular weight is 218 g/mol. The molecule has 13 heavy (non-hydrogen) atoms. The zero-order valence-electron chi connectivity index (χ0n) is 6.65. The third kappa shape index (κ3) is 10.2. The molecule has 0 N–H and O–H groups in total. The maximum absolute atomic E-state index is 10.6. The Morgan fingerprint density at radius 2 is 2.15 bits per heavy atom. The van der Waals surface area contributed by atoms with Gasteiger partial charge in [0.05, 0.1) is 0 Å². The summed E-state index contributed by atoms with van der Waals surface area (Å²) in [6.07, 6.45) is 1.23. The average Bonchev–Trinajstić information content (AvgIpc) is 2.01. The van der Waals surface area contributed by atoms with E-state index >= 15 is 0 Å². The summed E-state index contributed by atoms with van der Waals surface area (Å²) in [7, 11) is 0. The molecule has 72 valence electrons. The first-order chi connectivity index (χ1) is 5.70. The predicted molar refractivity (Wildman–Crippen MR) is 48.3 cm³/mol. The van der Waals surface area contributed by atoms with Crippen LogP contribution in [0.4, 0.5) is 0 Å². The van der Waals surface area contributed by atoms with Gasteiger partial charge in [0.2, 0.25) is 0 Å². The van der Waals surface area contributed by atoms with E-state index in [2.05, 4.69) is 8.37 Å². The van der Waals surface area contributed by atoms with Crippen LogP contribution >= 0.6 is 0 Å². The number of carbonyl (C=O) groups excluding carboxylic acids is 2. The molecule has 5 nitrogen and oxygen atoms in total. The molecule has 0 rings (SSSR count). The fourth-order valence-electron chi connectivity index (χ4n) is 0.429. The minimum absolute atomic E-state index is 0. The van der Waals surface area contributed by atoms with E-state index in [-0.39, 0.29) is 42.6 Å². The molecule has 0 saturated heterocycles. The molecule has 0 aliphatic carbocycles. The minimum atomic E-state index is -2.13. The summed E-state index contributed by atoms with van der Waals surface area (Å²) in [5.74, 6) is -0.596. The van der Waals surface area contributed by atoms with Crippen LogP contribution in [-0.2, 0) is 29.3 Å². The molecule has 7 heteroatoms. The molecular weight excluding hydrogens is 207 g/mol. The van der Waals surface area contributed by atoms with E-state index in [1.54, 1.807) is 6.92 Å². The van der Waals surface area contributed by atoms with E-state index in [9.17, 15) is 13.8 Å². The molecule has 0 amide bonds. The van der Waals surface area contributed by atoms with Gasteiger partial charge in [0, 0.05) is 6.42 Å². The van der Waals surface area contributed by atoms with Crippen LogP contribution in [0.3, 0.4) is 0 Å². The van der Waals surface area contributed by atoms with Gasteiger partial charge in [-0.15, -0.1) is 0 Å². The van der Waals surface area contributed by atoms with E-state index in [4.69, 9.17) is 0 Å². The van der Waals surface area contributed by atoms with Gasteiger partial charge < -0.3 is 8.98 Å². The van der Waals surface area contributed by atoms with E-state index in [0.29, 0.717) is 12.7 Å². The molecule has 0 fully saturated rings. The molecule has 0 bridgehead atoms. The second-order valence-corrected chi connectivity index (χ2v) is 2.67. The van der Waals surface area contributed by atoms with Crippen LogP contribution in [0.15, 0.2) is 0 Å². The standard InChI is InChI=1S/C6H10O5S.Na.H/c1-2-3-6(8)11-12(9)10-5-4-7;;/h4H,2-3,5H2,1H3;;. The van der Waals surface area contributed by atoms with Crippen LogP contribution in [0.25, 0.3) is 0 Å². The Kier molecular flexibility index (Phi) is 12.5. The summed E-state index contributed by atoms with van der Waals surface area (Å²) < 4.78 is 19.1. The molecule has 1 atom stereocenters. The molecule has 1 unspecified atom stereocenters. The van der Waals surface area contributed by atoms with Crippen molar-refractivity contribution in [3.05, 3.63) is 0 Å². The van der Waals surface area contributed by atoms with Crippen molar-refractivity contribution in [2.75, 3.05) is 6.61 Å². The predicted octanol–water partition coefficient (Wildman–Crippen LogP) is -0.525. The Hall–Kier alpha value is 0.250. The van der Waals surface area contributed by atoms with Crippen LogP contribution in [-0.4, -0.2) is 52.6 Å². The third-order valence-electron chi connectivity index (χ3n) is 0.847. The second kappa shape index (κ2) is 10.3. The first-order valence-electron chi connectivity index (χ1n) is 3.40. The van der Waals surface area contributed by atoms with Crippen LogP contribution in [0.1, 0.15) is 19.8 Å². The normalized spacial score (nSPS) is 11.2. The fourth-order valence-corrected chi connectivity index (χ4v) is 0.879. The molecule has 0 radical (unpaired) electrons. The number of carbonyl (C=O) groups is 2. The van der Waals surface area contributed by atoms with Crippen molar-refractivity contribution in [3.8, 4) is 0 Å². The van der Waals surface area contributed by atoms with Crippen molar-refractivity contribution in [2.45, 2.75) is 19.8 Å². The maximum atomic E-state index is 10.6. The Balaban J connectivity index is 0. The molecule has 0 aromatic carbocycles. The van der Waals surface area contributed by atoms with Crippen LogP contribution in [0.2, 0.25) is 0 Å². The van der Waals surface area contributed by atoms with Crippen LogP contribution in [0, 0.1) is 0 Å². The van der Waals surface area contributed by atoms with E-state index in [0.717, 1.165) is 0 Å². The van der Waals surface area contributed by atoms with Crippen molar-refractivity contribution in [1.29, 1.82) is 0 Å². The fraction of sp³-hybridized carbons (Fsp3) is 0.667. The number of aldehydes is 1. The zero-order valence-corrected chi connectivity index (χ0v) is 7.46. The SMILES string of the molecule is CCCC(=O)OS(=O)OCC=O.[NaH]. The van der Waals surface area contributed by atoms with Gasteiger partial charge in [0.1, 0.15) is 12.9 Å². The molecule has 0 aromatic heterocycles. The van der Waals surface area contributed by atoms with Gasteiger partial charge in [-0.2, -0.15) is 4.21 Å². The van der Waals surface area contributed by atoms with Crippen molar-refractivity contribution in [3.63, 3.8) is 0 Å². The molecule has 0 spiro atoms. The molecular formula is C6H11NaO5S. The van der Waals surface area contributed by atoms with Crippen molar-refractivity contribution >= 4 is 53.2 Å². The van der Waals surface area contributed by atoms with Crippen LogP contribution in [0.5, 0.6) is 0 Å². The summed E-state index contributed by atoms with van der Waals surface area (Å²) >= 11 is -2.13. The molecule has 0 saturated carbocycles. The summed E-state index contributed by atoms with van der Waals surface area (Å²) in [6, 6.07) is 0. The first-order valence-corrected chi connectivity index (χ1v) is 4.40. The summed E-state index contributed by atoms with van der Waals surface area (Å²) in [4.78, 5) is 20.4. The molecule has 0 aromatic rings. The van der Waals surface area contributed by atoms with Gasteiger partial charge in [-0.05, 0) is 6.42 Å². The van der Waals surface area contributed by atoms with Gasteiger partial charge in [-0.3, -0.25) is 8.98 Å². The van der Waals surface area contributed by atoms with Crippen molar-refractivity contribution < 1.29 is 22.2 Å². The van der Waals surface area contributed by atoms with Gasteiger partial charge in [-0.25, -0.2) is 0 Å². The topological polar surface area (TPSA) is 69.7 Å². The van der Waals surface area contributed by atoms with E-state index in [1.807, 2.05) is 0 Å². The summed E-state index contributed by atoms with van der Waals surface area (Å²) in [5, 5.41) is 0. The van der Waals surface area contributed by atoms with Crippen molar-refractivity contribution in [2.24, 2.45) is 0 Å². The Morgan fingerprint density at radius 1 is 1.54 bits per heavy atom. The monoisotopic (exact) mass is 218 g/mol. The summed E-state index contributed by atoms with van der Waals surface area (Å²) in [6.45, 7) is 1.45. The summed E-state index contributed by atoms with van der Waals surface area (Å²) in [5.41, 5.74) is 0. The molecule has 0 aliphatic heterocycles. The number of rotatable bonds is 6.